The zero-order chi connectivity index (χ0) is 16.2. The summed E-state index contributed by atoms with van der Waals surface area (Å²) in [7, 11) is 0. The predicted octanol–water partition coefficient (Wildman–Crippen LogP) is 2.97. The van der Waals surface area contributed by atoms with Crippen LogP contribution < -0.4 is 5.32 Å². The van der Waals surface area contributed by atoms with Gasteiger partial charge in [0, 0.05) is 5.92 Å². The van der Waals surface area contributed by atoms with Crippen LogP contribution in [0.15, 0.2) is 0 Å². The fraction of sp³-hybridized carbons (Fsp3) is 0.857. The molecule has 1 saturated carbocycles. The summed E-state index contributed by atoms with van der Waals surface area (Å²) in [5.74, 6) is -3.64. The highest BCUT2D eigenvalue weighted by molar-refractivity contribution is 5.85. The lowest BCUT2D eigenvalue weighted by molar-refractivity contribution is -0.184. The van der Waals surface area contributed by atoms with Gasteiger partial charge in [-0.15, -0.1) is 0 Å². The first-order valence-corrected chi connectivity index (χ1v) is 7.26. The van der Waals surface area contributed by atoms with E-state index in [0.717, 1.165) is 0 Å². The number of halogens is 3. The summed E-state index contributed by atoms with van der Waals surface area (Å²) in [5.41, 5.74) is 0. The molecule has 0 aliphatic heterocycles. The molecule has 122 valence electrons. The van der Waals surface area contributed by atoms with Gasteiger partial charge in [0.15, 0.2) is 0 Å². The molecule has 0 aromatic carbocycles. The molecule has 1 fully saturated rings. The number of carboxylic acids is 1. The number of carbonyl (C=O) groups excluding carboxylic acids is 1. The van der Waals surface area contributed by atoms with E-state index in [1.807, 2.05) is 6.92 Å². The number of hydrogen-bond acceptors (Lipinski definition) is 2. The predicted molar refractivity (Wildman–Crippen MR) is 70.5 cm³/mol. The average Bonchev–Trinajstić information content (AvgIpc) is 2.42. The number of nitrogens with one attached hydrogen (secondary N) is 1. The quantitative estimate of drug-likeness (QED) is 0.820. The molecule has 0 heterocycles. The molecular formula is C14H22F3NO3. The maximum atomic E-state index is 12.6. The van der Waals surface area contributed by atoms with Crippen LogP contribution in [0.5, 0.6) is 0 Å². The molecule has 0 radical (unpaired) electrons. The van der Waals surface area contributed by atoms with E-state index >= 15 is 0 Å². The third-order valence-corrected chi connectivity index (χ3v) is 4.34. The Kier molecular flexibility index (Phi) is 6.04. The van der Waals surface area contributed by atoms with Crippen LogP contribution in [0.25, 0.3) is 0 Å². The molecule has 2 N–H and O–H groups in total. The molecule has 1 aliphatic rings. The summed E-state index contributed by atoms with van der Waals surface area (Å²) in [5, 5.41) is 11.6. The number of carboxylic acid groups (broad SMARTS) is 1. The van der Waals surface area contributed by atoms with E-state index in [9.17, 15) is 22.8 Å². The van der Waals surface area contributed by atoms with Crippen molar-refractivity contribution in [3.05, 3.63) is 0 Å². The van der Waals surface area contributed by atoms with Gasteiger partial charge in [-0.2, -0.15) is 13.2 Å². The Hall–Kier alpha value is -1.27. The number of carbonyl (C=O) groups is 2. The van der Waals surface area contributed by atoms with E-state index in [1.165, 1.54) is 0 Å². The van der Waals surface area contributed by atoms with Gasteiger partial charge in [0.05, 0.1) is 5.92 Å². The van der Waals surface area contributed by atoms with E-state index in [1.54, 1.807) is 6.92 Å². The molecule has 1 amide bonds. The Bertz CT molecular complexity index is 376. The van der Waals surface area contributed by atoms with Crippen LogP contribution >= 0.6 is 0 Å². The lowest BCUT2D eigenvalue weighted by Crippen LogP contribution is -2.48. The van der Waals surface area contributed by atoms with Gasteiger partial charge >= 0.3 is 12.1 Å². The van der Waals surface area contributed by atoms with Crippen molar-refractivity contribution in [3.63, 3.8) is 0 Å². The summed E-state index contributed by atoms with van der Waals surface area (Å²) in [6, 6.07) is -0.983. The number of rotatable bonds is 5. The summed E-state index contributed by atoms with van der Waals surface area (Å²) in [6.07, 6.45) is -3.43. The first-order chi connectivity index (χ1) is 9.66. The average molecular weight is 309 g/mol. The van der Waals surface area contributed by atoms with Crippen LogP contribution in [0, 0.1) is 17.8 Å². The Morgan fingerprint density at radius 1 is 1.24 bits per heavy atom. The second-order valence-corrected chi connectivity index (χ2v) is 5.80. The minimum Gasteiger partial charge on any atom is -0.480 e. The molecule has 2 atom stereocenters. The second kappa shape index (κ2) is 7.13. The molecule has 1 rings (SSSR count). The van der Waals surface area contributed by atoms with Gasteiger partial charge in [-0.25, -0.2) is 4.79 Å². The first kappa shape index (κ1) is 17.8. The highest BCUT2D eigenvalue weighted by Gasteiger charge is 2.42. The topological polar surface area (TPSA) is 66.4 Å². The van der Waals surface area contributed by atoms with Gasteiger partial charge in [0.2, 0.25) is 5.91 Å². The van der Waals surface area contributed by atoms with Crippen molar-refractivity contribution < 1.29 is 27.9 Å². The molecular weight excluding hydrogens is 287 g/mol. The Morgan fingerprint density at radius 2 is 1.76 bits per heavy atom. The second-order valence-electron chi connectivity index (χ2n) is 5.80. The molecule has 0 spiro atoms. The van der Waals surface area contributed by atoms with Gasteiger partial charge < -0.3 is 10.4 Å². The van der Waals surface area contributed by atoms with E-state index in [0.29, 0.717) is 6.42 Å². The number of aliphatic carboxylic acids is 1. The van der Waals surface area contributed by atoms with Gasteiger partial charge in [0.1, 0.15) is 6.04 Å². The van der Waals surface area contributed by atoms with Crippen LogP contribution in [0.3, 0.4) is 0 Å². The molecule has 21 heavy (non-hydrogen) atoms. The fourth-order valence-corrected chi connectivity index (χ4v) is 2.64. The van der Waals surface area contributed by atoms with Gasteiger partial charge in [-0.1, -0.05) is 20.3 Å². The lowest BCUT2D eigenvalue weighted by Gasteiger charge is -2.30. The molecule has 7 heteroatoms. The fourth-order valence-electron chi connectivity index (χ4n) is 2.64. The maximum Gasteiger partial charge on any atom is 0.391 e. The summed E-state index contributed by atoms with van der Waals surface area (Å²) in [4.78, 5) is 23.2. The summed E-state index contributed by atoms with van der Waals surface area (Å²) < 4.78 is 37.7. The lowest BCUT2D eigenvalue weighted by atomic mass is 9.81. The van der Waals surface area contributed by atoms with Crippen molar-refractivity contribution in [2.75, 3.05) is 0 Å². The van der Waals surface area contributed by atoms with E-state index < -0.39 is 35.9 Å². The molecule has 1 aliphatic carbocycles. The zero-order valence-electron chi connectivity index (χ0n) is 12.2. The summed E-state index contributed by atoms with van der Waals surface area (Å²) >= 11 is 0. The minimum absolute atomic E-state index is 0.0668. The van der Waals surface area contributed by atoms with E-state index in [2.05, 4.69) is 5.32 Å². The van der Waals surface area contributed by atoms with Crippen molar-refractivity contribution in [1.29, 1.82) is 0 Å². The van der Waals surface area contributed by atoms with Gasteiger partial charge in [0.25, 0.3) is 0 Å². The van der Waals surface area contributed by atoms with Crippen molar-refractivity contribution in [2.24, 2.45) is 17.8 Å². The molecule has 2 unspecified atom stereocenters. The highest BCUT2D eigenvalue weighted by Crippen LogP contribution is 2.39. The molecule has 0 aromatic rings. The first-order valence-electron chi connectivity index (χ1n) is 7.26. The van der Waals surface area contributed by atoms with Crippen LogP contribution in [-0.2, 0) is 9.59 Å². The third-order valence-electron chi connectivity index (χ3n) is 4.34. The van der Waals surface area contributed by atoms with Gasteiger partial charge in [-0.05, 0) is 31.6 Å². The van der Waals surface area contributed by atoms with Crippen LogP contribution in [0.2, 0.25) is 0 Å². The van der Waals surface area contributed by atoms with Crippen LogP contribution in [0.4, 0.5) is 13.2 Å². The number of hydrogen-bond donors (Lipinski definition) is 2. The Balaban J connectivity index is 2.55. The largest absolute Gasteiger partial charge is 0.480 e. The normalized spacial score (nSPS) is 26.0. The molecule has 0 saturated heterocycles. The van der Waals surface area contributed by atoms with Crippen molar-refractivity contribution >= 4 is 11.9 Å². The maximum absolute atomic E-state index is 12.6. The van der Waals surface area contributed by atoms with Crippen LogP contribution in [-0.4, -0.2) is 29.2 Å². The SMILES string of the molecule is CCC(C)C(NC(=O)C1CCC(C(F)(F)F)CC1)C(=O)O. The van der Waals surface area contributed by atoms with Crippen molar-refractivity contribution in [2.45, 2.75) is 58.2 Å². The van der Waals surface area contributed by atoms with Crippen molar-refractivity contribution in [3.8, 4) is 0 Å². The van der Waals surface area contributed by atoms with E-state index in [4.69, 9.17) is 5.11 Å². The number of amides is 1. The zero-order valence-corrected chi connectivity index (χ0v) is 12.2. The Morgan fingerprint density at radius 3 is 2.14 bits per heavy atom. The standard InChI is InChI=1S/C14H22F3NO3/c1-3-8(2)11(13(20)21)18-12(19)9-4-6-10(7-5-9)14(15,16)17/h8-11H,3-7H2,1-2H3,(H,18,19)(H,20,21). The number of alkyl halides is 3. The highest BCUT2D eigenvalue weighted by atomic mass is 19.4. The molecule has 4 nitrogen and oxygen atoms in total. The third kappa shape index (κ3) is 4.89. The van der Waals surface area contributed by atoms with Crippen molar-refractivity contribution in [1.82, 2.24) is 5.32 Å². The minimum atomic E-state index is -4.21. The van der Waals surface area contributed by atoms with Gasteiger partial charge in [-0.3, -0.25) is 4.79 Å². The van der Waals surface area contributed by atoms with Crippen LogP contribution in [0.1, 0.15) is 46.0 Å². The van der Waals surface area contributed by atoms with E-state index in [-0.39, 0.29) is 31.6 Å². The molecule has 0 aromatic heterocycles. The monoisotopic (exact) mass is 309 g/mol. The Labute approximate surface area is 122 Å². The summed E-state index contributed by atoms with van der Waals surface area (Å²) in [6.45, 7) is 3.54. The molecule has 0 bridgehead atoms. The smallest absolute Gasteiger partial charge is 0.391 e.